The molecule has 2 aromatic carbocycles. The van der Waals surface area contributed by atoms with Crippen molar-refractivity contribution in [1.29, 1.82) is 5.26 Å². The van der Waals surface area contributed by atoms with E-state index < -0.39 is 0 Å². The van der Waals surface area contributed by atoms with Crippen LogP contribution < -0.4 is 10.1 Å². The van der Waals surface area contributed by atoms with Crippen molar-refractivity contribution in [2.45, 2.75) is 19.4 Å². The van der Waals surface area contributed by atoms with Gasteiger partial charge in [-0.15, -0.1) is 0 Å². The quantitative estimate of drug-likeness (QED) is 0.933. The maximum atomic E-state index is 8.83. The number of anilines is 1. The van der Waals surface area contributed by atoms with E-state index in [4.69, 9.17) is 21.6 Å². The first kappa shape index (κ1) is 13.8. The largest absolute Gasteiger partial charge is 0.488 e. The number of aryl methyl sites for hydroxylation is 1. The molecule has 0 bridgehead atoms. The minimum absolute atomic E-state index is 0.105. The number of fused-ring (bicyclic) bond motifs is 1. The molecule has 1 heterocycles. The molecule has 1 aliphatic rings. The van der Waals surface area contributed by atoms with Crippen molar-refractivity contribution in [3.63, 3.8) is 0 Å². The van der Waals surface area contributed by atoms with Gasteiger partial charge in [0.25, 0.3) is 0 Å². The minimum atomic E-state index is 0.105. The fourth-order valence-corrected chi connectivity index (χ4v) is 2.76. The molecular weight excluding hydrogens is 284 g/mol. The van der Waals surface area contributed by atoms with Crippen molar-refractivity contribution < 1.29 is 4.74 Å². The summed E-state index contributed by atoms with van der Waals surface area (Å²) in [6, 6.07) is 13.6. The van der Waals surface area contributed by atoms with Gasteiger partial charge in [0.05, 0.1) is 28.9 Å². The number of benzene rings is 2. The summed E-state index contributed by atoms with van der Waals surface area (Å²) in [5.74, 6) is 0.971. The second-order valence-corrected chi connectivity index (χ2v) is 5.65. The van der Waals surface area contributed by atoms with Gasteiger partial charge in [-0.3, -0.25) is 0 Å². The van der Waals surface area contributed by atoms with Crippen LogP contribution in [0, 0.1) is 18.3 Å². The van der Waals surface area contributed by atoms with E-state index in [9.17, 15) is 0 Å². The summed E-state index contributed by atoms with van der Waals surface area (Å²) >= 11 is 6.15. The van der Waals surface area contributed by atoms with Gasteiger partial charge in [-0.05, 0) is 36.8 Å². The number of hydrogen-bond donors (Lipinski definition) is 1. The predicted octanol–water partition coefficient (Wildman–Crippen LogP) is 3.94. The van der Waals surface area contributed by atoms with E-state index in [1.54, 1.807) is 12.1 Å². The SMILES string of the molecule is Cc1ccc2c(c1)CC(CNc1ccc(C#N)cc1Cl)O2. The smallest absolute Gasteiger partial charge is 0.123 e. The molecule has 0 saturated heterocycles. The molecule has 1 atom stereocenters. The molecule has 1 aliphatic heterocycles. The lowest BCUT2D eigenvalue weighted by atomic mass is 10.1. The minimum Gasteiger partial charge on any atom is -0.488 e. The van der Waals surface area contributed by atoms with Gasteiger partial charge in [0.2, 0.25) is 0 Å². The van der Waals surface area contributed by atoms with E-state index >= 15 is 0 Å². The molecule has 2 aromatic rings. The third-order valence-corrected chi connectivity index (χ3v) is 3.89. The monoisotopic (exact) mass is 298 g/mol. The molecule has 0 amide bonds. The van der Waals surface area contributed by atoms with Crippen molar-refractivity contribution in [3.8, 4) is 11.8 Å². The van der Waals surface area contributed by atoms with Crippen LogP contribution in [0.15, 0.2) is 36.4 Å². The summed E-state index contributed by atoms with van der Waals surface area (Å²) in [5, 5.41) is 12.7. The van der Waals surface area contributed by atoms with Crippen LogP contribution in [0.1, 0.15) is 16.7 Å². The number of halogens is 1. The molecule has 0 saturated carbocycles. The summed E-state index contributed by atoms with van der Waals surface area (Å²) in [6.45, 7) is 2.77. The highest BCUT2D eigenvalue weighted by Crippen LogP contribution is 2.30. The number of nitrogens with zero attached hydrogens (tertiary/aromatic N) is 1. The Labute approximate surface area is 129 Å². The first-order valence-corrected chi connectivity index (χ1v) is 7.23. The van der Waals surface area contributed by atoms with Gasteiger partial charge in [-0.1, -0.05) is 29.3 Å². The summed E-state index contributed by atoms with van der Waals surface area (Å²) < 4.78 is 5.91. The van der Waals surface area contributed by atoms with Crippen molar-refractivity contribution in [2.24, 2.45) is 0 Å². The molecule has 0 aromatic heterocycles. The van der Waals surface area contributed by atoms with E-state index in [1.165, 1.54) is 11.1 Å². The molecule has 21 heavy (non-hydrogen) atoms. The predicted molar refractivity (Wildman–Crippen MR) is 84.0 cm³/mol. The lowest BCUT2D eigenvalue weighted by Gasteiger charge is -2.14. The summed E-state index contributed by atoms with van der Waals surface area (Å²) in [7, 11) is 0. The lowest BCUT2D eigenvalue weighted by molar-refractivity contribution is 0.246. The Bertz CT molecular complexity index is 721. The third kappa shape index (κ3) is 2.96. The average molecular weight is 299 g/mol. The number of hydrogen-bond acceptors (Lipinski definition) is 3. The first-order valence-electron chi connectivity index (χ1n) is 6.85. The average Bonchev–Trinajstić information content (AvgIpc) is 2.87. The van der Waals surface area contributed by atoms with Gasteiger partial charge < -0.3 is 10.1 Å². The van der Waals surface area contributed by atoms with Gasteiger partial charge in [0.1, 0.15) is 11.9 Å². The van der Waals surface area contributed by atoms with E-state index in [0.29, 0.717) is 17.1 Å². The molecule has 0 spiro atoms. The van der Waals surface area contributed by atoms with E-state index in [1.807, 2.05) is 12.1 Å². The summed E-state index contributed by atoms with van der Waals surface area (Å²) in [5.41, 5.74) is 3.89. The maximum absolute atomic E-state index is 8.83. The number of rotatable bonds is 3. The van der Waals surface area contributed by atoms with Gasteiger partial charge >= 0.3 is 0 Å². The van der Waals surface area contributed by atoms with Gasteiger partial charge in [0, 0.05) is 6.42 Å². The zero-order valence-electron chi connectivity index (χ0n) is 11.7. The summed E-state index contributed by atoms with van der Waals surface area (Å²) in [4.78, 5) is 0. The first-order chi connectivity index (χ1) is 10.2. The number of nitrogens with one attached hydrogen (secondary N) is 1. The Morgan fingerprint density at radius 1 is 1.33 bits per heavy atom. The Balaban J connectivity index is 1.64. The van der Waals surface area contributed by atoms with Crippen LogP contribution in [0.4, 0.5) is 5.69 Å². The van der Waals surface area contributed by atoms with Crippen molar-refractivity contribution in [1.82, 2.24) is 0 Å². The van der Waals surface area contributed by atoms with Crippen LogP contribution in [0.2, 0.25) is 5.02 Å². The number of nitriles is 1. The van der Waals surface area contributed by atoms with Gasteiger partial charge in [0.15, 0.2) is 0 Å². The van der Waals surface area contributed by atoms with Crippen molar-refractivity contribution in [2.75, 3.05) is 11.9 Å². The van der Waals surface area contributed by atoms with Gasteiger partial charge in [-0.25, -0.2) is 0 Å². The third-order valence-electron chi connectivity index (χ3n) is 3.58. The molecule has 0 aliphatic carbocycles. The second kappa shape index (κ2) is 5.67. The maximum Gasteiger partial charge on any atom is 0.123 e. The molecule has 4 heteroatoms. The zero-order chi connectivity index (χ0) is 14.8. The Morgan fingerprint density at radius 3 is 2.95 bits per heavy atom. The fourth-order valence-electron chi connectivity index (χ4n) is 2.51. The van der Waals surface area contributed by atoms with Crippen molar-refractivity contribution in [3.05, 3.63) is 58.1 Å². The second-order valence-electron chi connectivity index (χ2n) is 5.24. The van der Waals surface area contributed by atoms with Crippen LogP contribution >= 0.6 is 11.6 Å². The van der Waals surface area contributed by atoms with Crippen LogP contribution in [-0.2, 0) is 6.42 Å². The van der Waals surface area contributed by atoms with Crippen LogP contribution in [0.3, 0.4) is 0 Å². The Hall–Kier alpha value is -2.18. The standard InChI is InChI=1S/C17H15ClN2O/c1-11-2-5-17-13(6-11)8-14(21-17)10-20-16-4-3-12(9-19)7-15(16)18/h2-7,14,20H,8,10H2,1H3. The Morgan fingerprint density at radius 2 is 2.19 bits per heavy atom. The molecule has 3 rings (SSSR count). The zero-order valence-corrected chi connectivity index (χ0v) is 12.4. The highest BCUT2D eigenvalue weighted by Gasteiger charge is 2.22. The topological polar surface area (TPSA) is 45.0 Å². The van der Waals surface area contributed by atoms with E-state index in [-0.39, 0.29) is 6.10 Å². The lowest BCUT2D eigenvalue weighted by Crippen LogP contribution is -2.24. The number of ether oxygens (including phenoxy) is 1. The van der Waals surface area contributed by atoms with E-state index in [2.05, 4.69) is 30.4 Å². The fraction of sp³-hybridized carbons (Fsp3) is 0.235. The molecule has 106 valence electrons. The normalized spacial score (nSPS) is 16.0. The molecule has 0 fully saturated rings. The van der Waals surface area contributed by atoms with Crippen LogP contribution in [-0.4, -0.2) is 12.6 Å². The van der Waals surface area contributed by atoms with Crippen molar-refractivity contribution >= 4 is 17.3 Å². The highest BCUT2D eigenvalue weighted by atomic mass is 35.5. The Kier molecular flexibility index (Phi) is 3.72. The van der Waals surface area contributed by atoms with Gasteiger partial charge in [-0.2, -0.15) is 5.26 Å². The van der Waals surface area contributed by atoms with Crippen LogP contribution in [0.5, 0.6) is 5.75 Å². The summed E-state index contributed by atoms with van der Waals surface area (Å²) in [6.07, 6.45) is 1.01. The molecule has 0 radical (unpaired) electrons. The molecule has 3 nitrogen and oxygen atoms in total. The van der Waals surface area contributed by atoms with E-state index in [0.717, 1.165) is 17.9 Å². The molecule has 1 N–H and O–H groups in total. The molecule has 1 unspecified atom stereocenters. The highest BCUT2D eigenvalue weighted by molar-refractivity contribution is 6.33. The van der Waals surface area contributed by atoms with Crippen LogP contribution in [0.25, 0.3) is 0 Å². The molecular formula is C17H15ClN2O.